The van der Waals surface area contributed by atoms with Crippen LogP contribution in [0.5, 0.6) is 0 Å². The quantitative estimate of drug-likeness (QED) is 0.646. The van der Waals surface area contributed by atoms with Gasteiger partial charge in [-0.15, -0.1) is 0 Å². The number of hydrogen-bond donors (Lipinski definition) is 1. The summed E-state index contributed by atoms with van der Waals surface area (Å²) in [5.41, 5.74) is 0. The molecule has 0 aromatic heterocycles. The first-order valence-corrected chi connectivity index (χ1v) is 6.81. The maximum Gasteiger partial charge on any atom is 0.401 e. The molecule has 1 N–H and O–H groups in total. The molecule has 0 rings (SSSR count). The number of nitrogens with zero attached hydrogens (tertiary/aromatic N) is 1. The molecule has 0 spiro atoms. The third-order valence-corrected chi connectivity index (χ3v) is 2.96. The number of nitrogens with one attached hydrogen (secondary N) is 1. The van der Waals surface area contributed by atoms with Crippen LogP contribution in [0.3, 0.4) is 0 Å². The van der Waals surface area contributed by atoms with Crippen LogP contribution in [0.2, 0.25) is 0 Å². The van der Waals surface area contributed by atoms with E-state index in [0.717, 1.165) is 19.4 Å². The summed E-state index contributed by atoms with van der Waals surface area (Å²) in [5.74, 6) is 0.535. The Labute approximate surface area is 109 Å². The highest BCUT2D eigenvalue weighted by atomic mass is 19.4. The summed E-state index contributed by atoms with van der Waals surface area (Å²) >= 11 is 0. The molecule has 0 aliphatic heterocycles. The molecule has 0 unspecified atom stereocenters. The predicted octanol–water partition coefficient (Wildman–Crippen LogP) is 3.28. The van der Waals surface area contributed by atoms with E-state index >= 15 is 0 Å². The van der Waals surface area contributed by atoms with Crippen molar-refractivity contribution >= 4 is 0 Å². The second kappa shape index (κ2) is 8.75. The Balaban J connectivity index is 4.08. The van der Waals surface area contributed by atoms with Crippen LogP contribution in [0.1, 0.15) is 40.5 Å². The average Bonchev–Trinajstić information content (AvgIpc) is 2.23. The summed E-state index contributed by atoms with van der Waals surface area (Å²) in [6.07, 6.45) is -2.03. The third kappa shape index (κ3) is 8.75. The fraction of sp³-hybridized carbons (Fsp3) is 1.00. The van der Waals surface area contributed by atoms with Gasteiger partial charge in [0, 0.05) is 25.7 Å². The summed E-state index contributed by atoms with van der Waals surface area (Å²) in [5, 5.41) is 2.47. The van der Waals surface area contributed by atoms with E-state index in [9.17, 15) is 13.2 Å². The lowest BCUT2D eigenvalue weighted by Gasteiger charge is -2.32. The molecule has 2 nitrogen and oxygen atoms in total. The lowest BCUT2D eigenvalue weighted by molar-refractivity contribution is -0.124. The highest BCUT2D eigenvalue weighted by Crippen LogP contribution is 2.13. The molecule has 0 bridgehead atoms. The van der Waals surface area contributed by atoms with Crippen molar-refractivity contribution in [1.29, 1.82) is 0 Å². The summed E-state index contributed by atoms with van der Waals surface area (Å²) in [6, 6.07) is 0.472. The van der Waals surface area contributed by atoms with Gasteiger partial charge >= 0.3 is 6.18 Å². The van der Waals surface area contributed by atoms with Crippen LogP contribution in [-0.4, -0.2) is 43.3 Å². The largest absolute Gasteiger partial charge is 0.401 e. The monoisotopic (exact) mass is 268 g/mol. The molecule has 0 heterocycles. The van der Waals surface area contributed by atoms with Crippen LogP contribution in [0.15, 0.2) is 0 Å². The predicted molar refractivity (Wildman–Crippen MR) is 69.7 cm³/mol. The molecule has 0 radical (unpaired) electrons. The van der Waals surface area contributed by atoms with Crippen molar-refractivity contribution in [2.75, 3.05) is 26.2 Å². The van der Waals surface area contributed by atoms with Crippen molar-refractivity contribution in [2.24, 2.45) is 5.92 Å². The molecule has 18 heavy (non-hydrogen) atoms. The molecule has 0 saturated carbocycles. The van der Waals surface area contributed by atoms with E-state index in [2.05, 4.69) is 37.9 Å². The minimum atomic E-state index is -4.11. The Morgan fingerprint density at radius 2 is 1.67 bits per heavy atom. The molecule has 0 fully saturated rings. The van der Waals surface area contributed by atoms with Gasteiger partial charge in [-0.1, -0.05) is 27.7 Å². The zero-order valence-electron chi connectivity index (χ0n) is 12.0. The van der Waals surface area contributed by atoms with Crippen LogP contribution < -0.4 is 5.32 Å². The fourth-order valence-electron chi connectivity index (χ4n) is 2.15. The number of rotatable bonds is 9. The molecule has 0 aliphatic rings. The fourth-order valence-corrected chi connectivity index (χ4v) is 2.15. The smallest absolute Gasteiger partial charge is 0.307 e. The van der Waals surface area contributed by atoms with Gasteiger partial charge in [0.15, 0.2) is 0 Å². The third-order valence-electron chi connectivity index (χ3n) is 2.96. The van der Waals surface area contributed by atoms with Gasteiger partial charge in [-0.25, -0.2) is 0 Å². The molecule has 0 saturated heterocycles. The zero-order valence-corrected chi connectivity index (χ0v) is 12.0. The van der Waals surface area contributed by atoms with Crippen LogP contribution in [0.25, 0.3) is 0 Å². The minimum absolute atomic E-state index is 0.392. The molecule has 5 heteroatoms. The van der Waals surface area contributed by atoms with E-state index in [1.54, 1.807) is 0 Å². The van der Waals surface area contributed by atoms with Crippen LogP contribution in [0, 0.1) is 5.92 Å². The van der Waals surface area contributed by atoms with Crippen molar-refractivity contribution in [3.63, 3.8) is 0 Å². The molecule has 0 aromatic rings. The molecule has 0 aromatic carbocycles. The lowest BCUT2D eigenvalue weighted by Crippen LogP contribution is -2.42. The Kier molecular flexibility index (Phi) is 8.61. The van der Waals surface area contributed by atoms with Crippen LogP contribution in [-0.2, 0) is 0 Å². The number of halogens is 3. The van der Waals surface area contributed by atoms with Gasteiger partial charge in [0.05, 0.1) is 6.54 Å². The maximum atomic E-state index is 12.0. The summed E-state index contributed by atoms with van der Waals surface area (Å²) in [6.45, 7) is 9.65. The van der Waals surface area contributed by atoms with Crippen LogP contribution >= 0.6 is 0 Å². The van der Waals surface area contributed by atoms with Gasteiger partial charge in [-0.2, -0.15) is 13.2 Å². The Hall–Kier alpha value is -0.290. The minimum Gasteiger partial charge on any atom is -0.307 e. The molecular formula is C13H27F3N2. The van der Waals surface area contributed by atoms with Crippen molar-refractivity contribution in [1.82, 2.24) is 10.2 Å². The normalized spacial score (nSPS) is 13.0. The standard InChI is InChI=1S/C13H27F3N2/c1-5-12(6-2)18(9-11(3)4)8-7-17-10-13(14,15)16/h11-12,17H,5-10H2,1-4H3. The van der Waals surface area contributed by atoms with Gasteiger partial charge in [0.2, 0.25) is 0 Å². The zero-order chi connectivity index (χ0) is 14.2. The van der Waals surface area contributed by atoms with Crippen molar-refractivity contribution in [3.05, 3.63) is 0 Å². The lowest BCUT2D eigenvalue weighted by atomic mass is 10.1. The number of alkyl halides is 3. The molecular weight excluding hydrogens is 241 g/mol. The molecule has 0 aliphatic carbocycles. The van der Waals surface area contributed by atoms with E-state index in [4.69, 9.17) is 0 Å². The van der Waals surface area contributed by atoms with E-state index in [1.807, 2.05) is 0 Å². The summed E-state index contributed by atoms with van der Waals surface area (Å²) < 4.78 is 36.0. The highest BCUT2D eigenvalue weighted by molar-refractivity contribution is 4.71. The Bertz CT molecular complexity index is 201. The van der Waals surface area contributed by atoms with Crippen molar-refractivity contribution in [3.8, 4) is 0 Å². The van der Waals surface area contributed by atoms with Gasteiger partial charge < -0.3 is 5.32 Å². The van der Waals surface area contributed by atoms with E-state index in [1.165, 1.54) is 0 Å². The van der Waals surface area contributed by atoms with Gasteiger partial charge in [-0.3, -0.25) is 4.90 Å². The maximum absolute atomic E-state index is 12.0. The van der Waals surface area contributed by atoms with Crippen LogP contribution in [0.4, 0.5) is 13.2 Å². The first-order valence-electron chi connectivity index (χ1n) is 6.81. The van der Waals surface area contributed by atoms with Gasteiger partial charge in [0.1, 0.15) is 0 Å². The first kappa shape index (κ1) is 17.7. The number of hydrogen-bond acceptors (Lipinski definition) is 2. The molecule has 110 valence electrons. The summed E-state index contributed by atoms with van der Waals surface area (Å²) in [4.78, 5) is 2.30. The van der Waals surface area contributed by atoms with Crippen molar-refractivity contribution < 1.29 is 13.2 Å². The Morgan fingerprint density at radius 3 is 2.06 bits per heavy atom. The van der Waals surface area contributed by atoms with Gasteiger partial charge in [-0.05, 0) is 18.8 Å². The van der Waals surface area contributed by atoms with Gasteiger partial charge in [0.25, 0.3) is 0 Å². The molecule has 0 amide bonds. The first-order chi connectivity index (χ1) is 8.30. The SMILES string of the molecule is CCC(CC)N(CCNCC(F)(F)F)CC(C)C. The summed E-state index contributed by atoms with van der Waals surface area (Å²) in [7, 11) is 0. The van der Waals surface area contributed by atoms with E-state index < -0.39 is 12.7 Å². The topological polar surface area (TPSA) is 15.3 Å². The Morgan fingerprint density at radius 1 is 1.11 bits per heavy atom. The second-order valence-electron chi connectivity index (χ2n) is 5.15. The van der Waals surface area contributed by atoms with E-state index in [-0.39, 0.29) is 0 Å². The highest BCUT2D eigenvalue weighted by Gasteiger charge is 2.26. The van der Waals surface area contributed by atoms with Crippen molar-refractivity contribution in [2.45, 2.75) is 52.8 Å². The average molecular weight is 268 g/mol. The molecule has 0 atom stereocenters. The van der Waals surface area contributed by atoms with E-state index in [0.29, 0.717) is 25.0 Å². The second-order valence-corrected chi connectivity index (χ2v) is 5.15.